The van der Waals surface area contributed by atoms with Crippen molar-refractivity contribution in [2.24, 2.45) is 0 Å². The van der Waals surface area contributed by atoms with Gasteiger partial charge in [0.2, 0.25) is 0 Å². The molecule has 0 rings (SSSR count). The molecule has 68 valence electrons. The lowest BCUT2D eigenvalue weighted by atomic mass is 10.3. The maximum Gasteiger partial charge on any atom is 0.323 e. The van der Waals surface area contributed by atoms with Crippen molar-refractivity contribution in [2.75, 3.05) is 6.54 Å². The molecule has 0 radical (unpaired) electrons. The Morgan fingerprint density at radius 1 is 1.67 bits per heavy atom. The summed E-state index contributed by atoms with van der Waals surface area (Å²) in [5.74, 6) is -1.07. The van der Waals surface area contributed by atoms with Gasteiger partial charge in [0.15, 0.2) is 0 Å². The SMILES string of the molecule is C=CC(C)NC(=O)NCC(=O)O. The minimum atomic E-state index is -1.07. The number of aliphatic carboxylic acids is 1. The fourth-order valence-corrected chi connectivity index (χ4v) is 0.473. The molecule has 1 atom stereocenters. The van der Waals surface area contributed by atoms with E-state index < -0.39 is 12.0 Å². The molecule has 0 saturated heterocycles. The second-order valence-corrected chi connectivity index (χ2v) is 2.25. The molecule has 1 unspecified atom stereocenters. The van der Waals surface area contributed by atoms with E-state index in [1.165, 1.54) is 0 Å². The minimum Gasteiger partial charge on any atom is -0.480 e. The van der Waals surface area contributed by atoms with Crippen LogP contribution in [0.4, 0.5) is 4.79 Å². The van der Waals surface area contributed by atoms with Crippen LogP contribution in [0.15, 0.2) is 12.7 Å². The summed E-state index contributed by atoms with van der Waals surface area (Å²) in [6, 6.07) is -0.677. The normalized spacial score (nSPS) is 11.4. The molecular formula is C7H12N2O3. The first-order valence-electron chi connectivity index (χ1n) is 3.45. The largest absolute Gasteiger partial charge is 0.480 e. The molecule has 0 aliphatic heterocycles. The van der Waals surface area contributed by atoms with Gasteiger partial charge in [0.05, 0.1) is 0 Å². The van der Waals surface area contributed by atoms with Crippen LogP contribution < -0.4 is 10.6 Å². The Bertz CT molecular complexity index is 191. The molecule has 3 N–H and O–H groups in total. The second kappa shape index (κ2) is 5.17. The number of nitrogens with one attached hydrogen (secondary N) is 2. The molecule has 12 heavy (non-hydrogen) atoms. The Hall–Kier alpha value is -1.52. The van der Waals surface area contributed by atoms with Crippen LogP contribution in [0.1, 0.15) is 6.92 Å². The van der Waals surface area contributed by atoms with E-state index in [0.717, 1.165) is 0 Å². The Labute approximate surface area is 70.5 Å². The van der Waals surface area contributed by atoms with Crippen molar-refractivity contribution in [1.29, 1.82) is 0 Å². The van der Waals surface area contributed by atoms with E-state index in [-0.39, 0.29) is 12.6 Å². The van der Waals surface area contributed by atoms with Gasteiger partial charge in [-0.05, 0) is 6.92 Å². The van der Waals surface area contributed by atoms with E-state index in [2.05, 4.69) is 17.2 Å². The molecule has 0 saturated carbocycles. The highest BCUT2D eigenvalue weighted by atomic mass is 16.4. The molecular weight excluding hydrogens is 160 g/mol. The fourth-order valence-electron chi connectivity index (χ4n) is 0.473. The average molecular weight is 172 g/mol. The van der Waals surface area contributed by atoms with E-state index in [4.69, 9.17) is 5.11 Å². The highest BCUT2D eigenvalue weighted by Gasteiger charge is 2.04. The van der Waals surface area contributed by atoms with Gasteiger partial charge in [0.25, 0.3) is 0 Å². The number of urea groups is 1. The third-order valence-corrected chi connectivity index (χ3v) is 1.11. The van der Waals surface area contributed by atoms with Gasteiger partial charge in [0.1, 0.15) is 6.54 Å². The van der Waals surface area contributed by atoms with Crippen LogP contribution in [-0.2, 0) is 4.79 Å². The molecule has 0 aliphatic rings. The van der Waals surface area contributed by atoms with E-state index in [1.54, 1.807) is 13.0 Å². The van der Waals surface area contributed by atoms with Crippen LogP contribution >= 0.6 is 0 Å². The smallest absolute Gasteiger partial charge is 0.323 e. The molecule has 0 fully saturated rings. The van der Waals surface area contributed by atoms with Crippen LogP contribution in [0, 0.1) is 0 Å². The fraction of sp³-hybridized carbons (Fsp3) is 0.429. The molecule has 5 heteroatoms. The van der Waals surface area contributed by atoms with Crippen LogP contribution in [0.5, 0.6) is 0 Å². The Morgan fingerprint density at radius 3 is 2.67 bits per heavy atom. The number of rotatable bonds is 4. The summed E-state index contributed by atoms with van der Waals surface area (Å²) in [6.45, 7) is 4.80. The van der Waals surface area contributed by atoms with E-state index in [9.17, 15) is 9.59 Å². The lowest BCUT2D eigenvalue weighted by molar-refractivity contribution is -0.135. The summed E-state index contributed by atoms with van der Waals surface area (Å²) in [5, 5.41) is 12.8. The lowest BCUT2D eigenvalue weighted by Crippen LogP contribution is -2.41. The molecule has 0 spiro atoms. The number of carbonyl (C=O) groups excluding carboxylic acids is 1. The third kappa shape index (κ3) is 5.28. The number of hydrogen-bond donors (Lipinski definition) is 3. The van der Waals surface area contributed by atoms with Gasteiger partial charge in [-0.1, -0.05) is 6.08 Å². The van der Waals surface area contributed by atoms with Crippen LogP contribution in [-0.4, -0.2) is 29.7 Å². The number of hydrogen-bond acceptors (Lipinski definition) is 2. The van der Waals surface area contributed by atoms with Crippen molar-refractivity contribution in [1.82, 2.24) is 10.6 Å². The average Bonchev–Trinajstić information content (AvgIpc) is 2.00. The molecule has 5 nitrogen and oxygen atoms in total. The van der Waals surface area contributed by atoms with Gasteiger partial charge in [0, 0.05) is 6.04 Å². The molecule has 0 bridgehead atoms. The summed E-state index contributed by atoms with van der Waals surface area (Å²) < 4.78 is 0. The van der Waals surface area contributed by atoms with Crippen molar-refractivity contribution in [3.63, 3.8) is 0 Å². The van der Waals surface area contributed by atoms with E-state index in [0.29, 0.717) is 0 Å². The zero-order valence-corrected chi connectivity index (χ0v) is 6.83. The Balaban J connectivity index is 3.59. The maximum absolute atomic E-state index is 10.8. The lowest BCUT2D eigenvalue weighted by Gasteiger charge is -2.08. The molecule has 0 heterocycles. The zero-order chi connectivity index (χ0) is 9.56. The van der Waals surface area contributed by atoms with Gasteiger partial charge < -0.3 is 15.7 Å². The highest BCUT2D eigenvalue weighted by Crippen LogP contribution is 1.79. The third-order valence-electron chi connectivity index (χ3n) is 1.11. The number of carboxylic acid groups (broad SMARTS) is 1. The molecule has 0 aliphatic carbocycles. The van der Waals surface area contributed by atoms with Crippen LogP contribution in [0.2, 0.25) is 0 Å². The predicted octanol–water partition coefficient (Wildman–Crippen LogP) is -0.0553. The first-order chi connectivity index (χ1) is 5.56. The first-order valence-corrected chi connectivity index (χ1v) is 3.45. The standard InChI is InChI=1S/C7H12N2O3/c1-3-5(2)9-7(12)8-4-6(10)11/h3,5H,1,4H2,2H3,(H,10,11)(H2,8,9,12). The van der Waals surface area contributed by atoms with Crippen molar-refractivity contribution in [3.05, 3.63) is 12.7 Å². The summed E-state index contributed by atoms with van der Waals surface area (Å²) in [6.07, 6.45) is 1.54. The Morgan fingerprint density at radius 2 is 2.25 bits per heavy atom. The van der Waals surface area contributed by atoms with Crippen LogP contribution in [0.25, 0.3) is 0 Å². The molecule has 0 aromatic heterocycles. The predicted molar refractivity (Wildman–Crippen MR) is 43.8 cm³/mol. The molecule has 0 aromatic carbocycles. The minimum absolute atomic E-state index is 0.168. The number of carbonyl (C=O) groups is 2. The summed E-state index contributed by atoms with van der Waals surface area (Å²) in [5.41, 5.74) is 0. The highest BCUT2D eigenvalue weighted by molar-refractivity contribution is 5.80. The van der Waals surface area contributed by atoms with Gasteiger partial charge in [-0.3, -0.25) is 4.79 Å². The van der Waals surface area contributed by atoms with Gasteiger partial charge in [-0.2, -0.15) is 0 Å². The maximum atomic E-state index is 10.8. The second-order valence-electron chi connectivity index (χ2n) is 2.25. The van der Waals surface area contributed by atoms with Crippen LogP contribution in [0.3, 0.4) is 0 Å². The molecule has 2 amide bonds. The van der Waals surface area contributed by atoms with Crippen molar-refractivity contribution < 1.29 is 14.7 Å². The summed E-state index contributed by atoms with van der Waals surface area (Å²) in [7, 11) is 0. The van der Waals surface area contributed by atoms with Crippen molar-refractivity contribution >= 4 is 12.0 Å². The Kier molecular flexibility index (Phi) is 4.52. The molecule has 0 aromatic rings. The summed E-state index contributed by atoms with van der Waals surface area (Å²) >= 11 is 0. The first kappa shape index (κ1) is 10.5. The quantitative estimate of drug-likeness (QED) is 0.520. The number of carboxylic acids is 1. The summed E-state index contributed by atoms with van der Waals surface area (Å²) in [4.78, 5) is 20.8. The van der Waals surface area contributed by atoms with E-state index in [1.807, 2.05) is 0 Å². The zero-order valence-electron chi connectivity index (χ0n) is 6.83. The number of amides is 2. The van der Waals surface area contributed by atoms with Gasteiger partial charge >= 0.3 is 12.0 Å². The van der Waals surface area contributed by atoms with Crippen molar-refractivity contribution in [2.45, 2.75) is 13.0 Å². The van der Waals surface area contributed by atoms with E-state index >= 15 is 0 Å². The topological polar surface area (TPSA) is 78.4 Å². The van der Waals surface area contributed by atoms with Gasteiger partial charge in [-0.25, -0.2) is 4.79 Å². The van der Waals surface area contributed by atoms with Crippen molar-refractivity contribution in [3.8, 4) is 0 Å². The monoisotopic (exact) mass is 172 g/mol. The van der Waals surface area contributed by atoms with Gasteiger partial charge in [-0.15, -0.1) is 6.58 Å².